The summed E-state index contributed by atoms with van der Waals surface area (Å²) >= 11 is 0. The monoisotopic (exact) mass is 266 g/mol. The van der Waals surface area contributed by atoms with Gasteiger partial charge in [-0.05, 0) is 39.5 Å². The second-order valence-corrected chi connectivity index (χ2v) is 5.91. The number of aliphatic hydroxyl groups excluding tert-OH is 1. The van der Waals surface area contributed by atoms with Crippen LogP contribution >= 0.6 is 0 Å². The van der Waals surface area contributed by atoms with E-state index in [4.69, 9.17) is 9.84 Å². The van der Waals surface area contributed by atoms with Crippen LogP contribution in [-0.4, -0.2) is 34.0 Å². The first-order valence-corrected chi connectivity index (χ1v) is 6.79. The van der Waals surface area contributed by atoms with E-state index >= 15 is 0 Å². The third-order valence-electron chi connectivity index (χ3n) is 4.37. The predicted molar refractivity (Wildman–Crippen MR) is 71.8 cm³/mol. The summed E-state index contributed by atoms with van der Waals surface area (Å²) in [5, 5.41) is 19.5. The molecule has 1 fully saturated rings. The Hall–Kier alpha value is -1.13. The normalized spacial score (nSPS) is 41.6. The summed E-state index contributed by atoms with van der Waals surface area (Å²) in [5.74, 6) is -1.48. The number of epoxide rings is 1. The van der Waals surface area contributed by atoms with E-state index in [1.165, 1.54) is 5.57 Å². The van der Waals surface area contributed by atoms with E-state index in [9.17, 15) is 9.90 Å². The third-order valence-corrected chi connectivity index (χ3v) is 4.37. The first kappa shape index (κ1) is 14.3. The molecular formula is C15H22O4. The molecule has 2 N–H and O–H groups in total. The van der Waals surface area contributed by atoms with E-state index in [1.807, 2.05) is 13.8 Å². The van der Waals surface area contributed by atoms with Crippen LogP contribution in [0.15, 0.2) is 23.8 Å². The smallest absolute Gasteiger partial charge is 0.331 e. The van der Waals surface area contributed by atoms with E-state index in [1.54, 1.807) is 0 Å². The summed E-state index contributed by atoms with van der Waals surface area (Å²) in [6.45, 7) is 7.64. The molecule has 0 aromatic carbocycles. The van der Waals surface area contributed by atoms with Crippen molar-refractivity contribution in [2.24, 2.45) is 5.92 Å². The molecule has 0 aromatic rings. The summed E-state index contributed by atoms with van der Waals surface area (Å²) in [6, 6.07) is 0. The molecule has 1 aliphatic carbocycles. The van der Waals surface area contributed by atoms with Crippen LogP contribution in [0.4, 0.5) is 0 Å². The van der Waals surface area contributed by atoms with Gasteiger partial charge in [0.2, 0.25) is 0 Å². The van der Waals surface area contributed by atoms with E-state index in [0.29, 0.717) is 6.42 Å². The molecule has 0 saturated carbocycles. The lowest BCUT2D eigenvalue weighted by atomic mass is 9.82. The van der Waals surface area contributed by atoms with Crippen LogP contribution in [-0.2, 0) is 9.53 Å². The summed E-state index contributed by atoms with van der Waals surface area (Å²) < 4.78 is 5.63. The zero-order valence-electron chi connectivity index (χ0n) is 11.6. The molecule has 0 bridgehead atoms. The van der Waals surface area contributed by atoms with Crippen molar-refractivity contribution < 1.29 is 19.7 Å². The largest absolute Gasteiger partial charge is 0.478 e. The maximum atomic E-state index is 11.1. The molecule has 0 unspecified atom stereocenters. The Morgan fingerprint density at radius 1 is 1.58 bits per heavy atom. The van der Waals surface area contributed by atoms with Crippen LogP contribution in [0.3, 0.4) is 0 Å². The lowest BCUT2D eigenvalue weighted by molar-refractivity contribution is -0.133. The van der Waals surface area contributed by atoms with E-state index < -0.39 is 18.0 Å². The topological polar surface area (TPSA) is 70.1 Å². The second kappa shape index (κ2) is 5.10. The summed E-state index contributed by atoms with van der Waals surface area (Å²) in [4.78, 5) is 11.1. The molecule has 2 rings (SSSR count). The van der Waals surface area contributed by atoms with Crippen molar-refractivity contribution in [3.8, 4) is 0 Å². The van der Waals surface area contributed by atoms with Crippen LogP contribution in [0.1, 0.15) is 39.5 Å². The van der Waals surface area contributed by atoms with Crippen LogP contribution in [0, 0.1) is 5.92 Å². The lowest BCUT2D eigenvalue weighted by Crippen LogP contribution is -2.33. The highest BCUT2D eigenvalue weighted by Crippen LogP contribution is 2.46. The molecule has 19 heavy (non-hydrogen) atoms. The van der Waals surface area contributed by atoms with Gasteiger partial charge in [0.25, 0.3) is 0 Å². The Bertz CT molecular complexity index is 426. The number of fused-ring (bicyclic) bond motifs is 1. The van der Waals surface area contributed by atoms with Gasteiger partial charge in [0, 0.05) is 11.5 Å². The number of hydrogen-bond acceptors (Lipinski definition) is 3. The van der Waals surface area contributed by atoms with Crippen molar-refractivity contribution in [2.75, 3.05) is 0 Å². The first-order chi connectivity index (χ1) is 8.85. The first-order valence-electron chi connectivity index (χ1n) is 6.79. The Morgan fingerprint density at radius 3 is 2.89 bits per heavy atom. The number of rotatable bonds is 2. The van der Waals surface area contributed by atoms with Gasteiger partial charge in [-0.2, -0.15) is 0 Å². The SMILES string of the molecule is C=C(C(=O)O)[C@@H]1CC/C(C)=C/CC[C@@]2(C)O[C@H]2[C@H]1O. The van der Waals surface area contributed by atoms with Crippen LogP contribution in [0.5, 0.6) is 0 Å². The van der Waals surface area contributed by atoms with E-state index in [0.717, 1.165) is 19.3 Å². The number of carboxylic acid groups (broad SMARTS) is 1. The van der Waals surface area contributed by atoms with Crippen LogP contribution < -0.4 is 0 Å². The van der Waals surface area contributed by atoms with Gasteiger partial charge in [-0.25, -0.2) is 4.79 Å². The Kier molecular flexibility index (Phi) is 3.83. The average Bonchev–Trinajstić information content (AvgIpc) is 3.00. The van der Waals surface area contributed by atoms with E-state index in [-0.39, 0.29) is 17.3 Å². The van der Waals surface area contributed by atoms with Crippen molar-refractivity contribution in [1.29, 1.82) is 0 Å². The van der Waals surface area contributed by atoms with Crippen molar-refractivity contribution in [1.82, 2.24) is 0 Å². The van der Waals surface area contributed by atoms with Crippen molar-refractivity contribution in [3.63, 3.8) is 0 Å². The summed E-state index contributed by atoms with van der Waals surface area (Å²) in [7, 11) is 0. The third kappa shape index (κ3) is 2.90. The molecule has 1 heterocycles. The molecule has 4 heteroatoms. The maximum absolute atomic E-state index is 11.1. The van der Waals surface area contributed by atoms with E-state index in [2.05, 4.69) is 12.7 Å². The second-order valence-electron chi connectivity index (χ2n) is 5.91. The molecule has 2 aliphatic rings. The van der Waals surface area contributed by atoms with Gasteiger partial charge in [0.1, 0.15) is 6.10 Å². The zero-order valence-corrected chi connectivity index (χ0v) is 11.6. The Morgan fingerprint density at radius 2 is 2.26 bits per heavy atom. The quantitative estimate of drug-likeness (QED) is 0.457. The minimum atomic E-state index is -1.04. The molecule has 0 spiro atoms. The number of hydrogen-bond donors (Lipinski definition) is 2. The summed E-state index contributed by atoms with van der Waals surface area (Å²) in [6.07, 6.45) is 4.33. The molecule has 4 atom stereocenters. The minimum absolute atomic E-state index is 0.0822. The molecule has 4 nitrogen and oxygen atoms in total. The number of allylic oxidation sites excluding steroid dienone is 2. The highest BCUT2D eigenvalue weighted by Gasteiger charge is 2.57. The molecule has 1 aliphatic heterocycles. The zero-order chi connectivity index (χ0) is 14.2. The Balaban J connectivity index is 2.21. The molecule has 106 valence electrons. The molecular weight excluding hydrogens is 244 g/mol. The van der Waals surface area contributed by atoms with Gasteiger partial charge in [0.15, 0.2) is 0 Å². The average molecular weight is 266 g/mol. The fourth-order valence-electron chi connectivity index (χ4n) is 2.90. The Labute approximate surface area is 113 Å². The number of carboxylic acids is 1. The number of aliphatic carboxylic acids is 1. The molecule has 0 amide bonds. The van der Waals surface area contributed by atoms with Crippen molar-refractivity contribution in [3.05, 3.63) is 23.8 Å². The fourth-order valence-corrected chi connectivity index (χ4v) is 2.90. The highest BCUT2D eigenvalue weighted by molar-refractivity contribution is 5.86. The van der Waals surface area contributed by atoms with Crippen LogP contribution in [0.25, 0.3) is 0 Å². The van der Waals surface area contributed by atoms with Crippen molar-refractivity contribution in [2.45, 2.75) is 57.3 Å². The van der Waals surface area contributed by atoms with Gasteiger partial charge in [-0.15, -0.1) is 0 Å². The van der Waals surface area contributed by atoms with Gasteiger partial charge in [0.05, 0.1) is 11.7 Å². The number of ether oxygens (including phenoxy) is 1. The highest BCUT2D eigenvalue weighted by atomic mass is 16.6. The number of aliphatic hydroxyl groups is 1. The van der Waals surface area contributed by atoms with Gasteiger partial charge < -0.3 is 14.9 Å². The fraction of sp³-hybridized carbons (Fsp3) is 0.667. The van der Waals surface area contributed by atoms with Crippen molar-refractivity contribution >= 4 is 5.97 Å². The van der Waals surface area contributed by atoms with Gasteiger partial charge >= 0.3 is 5.97 Å². The van der Waals surface area contributed by atoms with Gasteiger partial charge in [-0.1, -0.05) is 18.2 Å². The molecule has 0 aromatic heterocycles. The van der Waals surface area contributed by atoms with Crippen LogP contribution in [0.2, 0.25) is 0 Å². The van der Waals surface area contributed by atoms with Gasteiger partial charge in [-0.3, -0.25) is 0 Å². The molecule has 1 saturated heterocycles. The summed E-state index contributed by atoms with van der Waals surface area (Å²) in [5.41, 5.74) is 1.00. The lowest BCUT2D eigenvalue weighted by Gasteiger charge is -2.24. The maximum Gasteiger partial charge on any atom is 0.331 e. The minimum Gasteiger partial charge on any atom is -0.478 e. The predicted octanol–water partition coefficient (Wildman–Crippen LogP) is 2.28. The standard InChI is InChI=1S/C15H22O4/c1-9-5-4-8-15(3)13(19-15)12(16)11(7-6-9)10(2)14(17)18/h5,11-13,16H,2,4,6-8H2,1,3H3,(H,17,18)/b9-5+/t11-,12-,13-,15+/m0/s1. The molecule has 0 radical (unpaired) electrons. The number of carbonyl (C=O) groups is 1.